The minimum atomic E-state index is -0.0698. The molecule has 0 spiro atoms. The Morgan fingerprint density at radius 1 is 1.41 bits per heavy atom. The Morgan fingerprint density at radius 2 is 2.28 bits per heavy atom. The molecule has 3 rings (SSSR count). The monoisotopic (exact) mass is 417 g/mol. The Balaban J connectivity index is 1.72. The molecule has 0 amide bonds. The van der Waals surface area contributed by atoms with Gasteiger partial charge in [-0.05, 0) is 68.4 Å². The average Bonchev–Trinajstić information content (AvgIpc) is 3.21. The van der Waals surface area contributed by atoms with Gasteiger partial charge < -0.3 is 24.7 Å². The Hall–Kier alpha value is -1.96. The van der Waals surface area contributed by atoms with Crippen molar-refractivity contribution in [1.29, 1.82) is 0 Å². The van der Waals surface area contributed by atoms with Crippen molar-refractivity contribution >= 4 is 28.2 Å². The van der Waals surface area contributed by atoms with E-state index in [0.717, 1.165) is 55.5 Å². The second-order valence-electron chi connectivity index (χ2n) is 7.51. The van der Waals surface area contributed by atoms with Gasteiger partial charge in [-0.1, -0.05) is 12.1 Å². The van der Waals surface area contributed by atoms with Crippen molar-refractivity contribution < 1.29 is 9.47 Å². The molecule has 0 unspecified atom stereocenters. The van der Waals surface area contributed by atoms with Gasteiger partial charge in [-0.3, -0.25) is 4.79 Å². The number of nitrogens with one attached hydrogen (secondary N) is 2. The van der Waals surface area contributed by atoms with Crippen molar-refractivity contribution in [2.45, 2.75) is 45.8 Å². The highest BCUT2D eigenvalue weighted by atomic mass is 32.1. The molecule has 6 nitrogen and oxygen atoms in total. The van der Waals surface area contributed by atoms with Crippen LogP contribution in [0, 0.1) is 6.92 Å². The van der Waals surface area contributed by atoms with Crippen LogP contribution in [0.25, 0.3) is 10.9 Å². The van der Waals surface area contributed by atoms with Crippen LogP contribution in [0.3, 0.4) is 0 Å². The van der Waals surface area contributed by atoms with Crippen molar-refractivity contribution in [3.8, 4) is 0 Å². The molecule has 2 heterocycles. The second-order valence-corrected chi connectivity index (χ2v) is 7.90. The Morgan fingerprint density at radius 3 is 3.03 bits per heavy atom. The van der Waals surface area contributed by atoms with E-state index >= 15 is 0 Å². The number of H-pyrrole nitrogens is 1. The fourth-order valence-corrected chi connectivity index (χ4v) is 3.80. The fraction of sp³-hybridized carbons (Fsp3) is 0.545. The highest BCUT2D eigenvalue weighted by molar-refractivity contribution is 7.80. The molecule has 0 saturated carbocycles. The summed E-state index contributed by atoms with van der Waals surface area (Å²) in [6, 6.07) is 8.06. The van der Waals surface area contributed by atoms with Crippen molar-refractivity contribution in [2.24, 2.45) is 0 Å². The van der Waals surface area contributed by atoms with Gasteiger partial charge in [-0.15, -0.1) is 0 Å². The lowest BCUT2D eigenvalue weighted by Gasteiger charge is -2.28. The van der Waals surface area contributed by atoms with Gasteiger partial charge in [-0.25, -0.2) is 0 Å². The molecule has 1 fully saturated rings. The Kier molecular flexibility index (Phi) is 8.03. The minimum absolute atomic E-state index is 0.0698. The van der Waals surface area contributed by atoms with Gasteiger partial charge in [0.2, 0.25) is 0 Å². The maximum Gasteiger partial charge on any atom is 0.253 e. The first-order chi connectivity index (χ1) is 14.1. The molecule has 0 bridgehead atoms. The summed E-state index contributed by atoms with van der Waals surface area (Å²) in [5.41, 5.74) is 2.62. The maximum atomic E-state index is 12.7. The lowest BCUT2D eigenvalue weighted by atomic mass is 10.1. The predicted octanol–water partition coefficient (Wildman–Crippen LogP) is 3.12. The lowest BCUT2D eigenvalue weighted by molar-refractivity contribution is 0.0896. The van der Waals surface area contributed by atoms with E-state index in [1.807, 2.05) is 32.0 Å². The molecule has 7 heteroatoms. The van der Waals surface area contributed by atoms with Gasteiger partial charge in [0.05, 0.1) is 12.6 Å². The molecule has 29 heavy (non-hydrogen) atoms. The predicted molar refractivity (Wildman–Crippen MR) is 120 cm³/mol. The summed E-state index contributed by atoms with van der Waals surface area (Å²) in [5, 5.41) is 4.99. The molecule has 1 aliphatic heterocycles. The maximum absolute atomic E-state index is 12.7. The molecular formula is C22H31N3O3S. The zero-order valence-corrected chi connectivity index (χ0v) is 18.1. The van der Waals surface area contributed by atoms with Crippen LogP contribution < -0.4 is 10.9 Å². The van der Waals surface area contributed by atoms with Gasteiger partial charge in [0, 0.05) is 44.0 Å². The third-order valence-corrected chi connectivity index (χ3v) is 5.52. The number of aryl methyl sites for hydroxylation is 1. The molecule has 1 atom stereocenters. The number of aromatic amines is 1. The number of nitrogens with zero attached hydrogens (tertiary/aromatic N) is 1. The fourth-order valence-electron chi connectivity index (χ4n) is 3.56. The molecule has 1 saturated heterocycles. The van der Waals surface area contributed by atoms with Crippen molar-refractivity contribution in [3.05, 3.63) is 45.7 Å². The van der Waals surface area contributed by atoms with E-state index in [-0.39, 0.29) is 11.7 Å². The second kappa shape index (κ2) is 10.7. The standard InChI is InChI=1S/C22H31N3O3S/c1-3-27-10-5-9-23-22(29)25(15-19-6-4-11-28-19)14-18-13-17-8-7-16(2)12-20(17)24-21(18)26/h7-8,12-13,19H,3-6,9-11,14-15H2,1-2H3,(H,23,29)(H,24,26)/t19-/m1/s1. The third kappa shape index (κ3) is 6.26. The summed E-state index contributed by atoms with van der Waals surface area (Å²) in [7, 11) is 0. The lowest BCUT2D eigenvalue weighted by Crippen LogP contribution is -2.44. The molecule has 2 aromatic rings. The first-order valence-electron chi connectivity index (χ1n) is 10.4. The first-order valence-corrected chi connectivity index (χ1v) is 10.8. The van der Waals surface area contributed by atoms with Gasteiger partial charge in [0.25, 0.3) is 5.56 Å². The normalized spacial score (nSPS) is 16.3. The molecule has 0 aliphatic carbocycles. The van der Waals surface area contributed by atoms with Crippen molar-refractivity contribution in [1.82, 2.24) is 15.2 Å². The number of fused-ring (bicyclic) bond motifs is 1. The highest BCUT2D eigenvalue weighted by Crippen LogP contribution is 2.17. The van der Waals surface area contributed by atoms with Crippen molar-refractivity contribution in [2.75, 3.05) is 32.9 Å². The van der Waals surface area contributed by atoms with Crippen LogP contribution in [0.4, 0.5) is 0 Å². The molecule has 1 aromatic carbocycles. The van der Waals surface area contributed by atoms with Crippen LogP contribution in [0.2, 0.25) is 0 Å². The summed E-state index contributed by atoms with van der Waals surface area (Å²) in [6.07, 6.45) is 3.14. The quantitative estimate of drug-likeness (QED) is 0.483. The van der Waals surface area contributed by atoms with E-state index in [2.05, 4.69) is 21.3 Å². The summed E-state index contributed by atoms with van der Waals surface area (Å²) < 4.78 is 11.2. The topological polar surface area (TPSA) is 66.6 Å². The third-order valence-electron chi connectivity index (χ3n) is 5.12. The largest absolute Gasteiger partial charge is 0.382 e. The summed E-state index contributed by atoms with van der Waals surface area (Å²) in [4.78, 5) is 17.7. The summed E-state index contributed by atoms with van der Waals surface area (Å²) in [5.74, 6) is 0. The molecule has 1 aliphatic rings. The Labute approximate surface area is 177 Å². The average molecular weight is 418 g/mol. The number of hydrogen-bond acceptors (Lipinski definition) is 4. The van der Waals surface area contributed by atoms with E-state index in [0.29, 0.717) is 30.4 Å². The van der Waals surface area contributed by atoms with E-state index < -0.39 is 0 Å². The minimum Gasteiger partial charge on any atom is -0.382 e. The number of benzene rings is 1. The van der Waals surface area contributed by atoms with Crippen LogP contribution in [0.5, 0.6) is 0 Å². The zero-order chi connectivity index (χ0) is 20.6. The van der Waals surface area contributed by atoms with Crippen LogP contribution in [0.15, 0.2) is 29.1 Å². The zero-order valence-electron chi connectivity index (χ0n) is 17.3. The summed E-state index contributed by atoms with van der Waals surface area (Å²) in [6.45, 7) is 8.12. The Bertz CT molecular complexity index is 877. The van der Waals surface area contributed by atoms with Crippen LogP contribution in [-0.4, -0.2) is 54.0 Å². The smallest absolute Gasteiger partial charge is 0.253 e. The SMILES string of the molecule is CCOCCCNC(=S)N(Cc1cc2ccc(C)cc2[nH]c1=O)C[C@H]1CCCO1. The van der Waals surface area contributed by atoms with E-state index in [1.54, 1.807) is 0 Å². The molecular weight excluding hydrogens is 386 g/mol. The van der Waals surface area contributed by atoms with Gasteiger partial charge in [-0.2, -0.15) is 0 Å². The van der Waals surface area contributed by atoms with Crippen LogP contribution >= 0.6 is 12.2 Å². The number of thiocarbonyl (C=S) groups is 1. The van der Waals surface area contributed by atoms with E-state index in [4.69, 9.17) is 21.7 Å². The van der Waals surface area contributed by atoms with E-state index in [1.165, 1.54) is 0 Å². The molecule has 158 valence electrons. The number of aromatic nitrogens is 1. The van der Waals surface area contributed by atoms with Crippen LogP contribution in [0.1, 0.15) is 37.3 Å². The highest BCUT2D eigenvalue weighted by Gasteiger charge is 2.22. The summed E-state index contributed by atoms with van der Waals surface area (Å²) >= 11 is 5.65. The number of ether oxygens (including phenoxy) is 2. The number of hydrogen-bond donors (Lipinski definition) is 2. The van der Waals surface area contributed by atoms with Gasteiger partial charge >= 0.3 is 0 Å². The van der Waals surface area contributed by atoms with E-state index in [9.17, 15) is 4.79 Å². The molecule has 0 radical (unpaired) electrons. The van der Waals surface area contributed by atoms with Crippen molar-refractivity contribution in [3.63, 3.8) is 0 Å². The van der Waals surface area contributed by atoms with Crippen LogP contribution in [-0.2, 0) is 16.0 Å². The first kappa shape index (κ1) is 21.7. The number of rotatable bonds is 9. The number of pyridine rings is 1. The van der Waals surface area contributed by atoms with Gasteiger partial charge in [0.15, 0.2) is 5.11 Å². The molecule has 1 aromatic heterocycles. The van der Waals surface area contributed by atoms with Gasteiger partial charge in [0.1, 0.15) is 0 Å². The molecule has 2 N–H and O–H groups in total.